The second-order valence-corrected chi connectivity index (χ2v) is 11.4. The predicted molar refractivity (Wildman–Crippen MR) is 169 cm³/mol. The van der Waals surface area contributed by atoms with Crippen LogP contribution in [0.4, 0.5) is 4.39 Å². The number of nitrogens with zero attached hydrogens (tertiary/aromatic N) is 2. The molecule has 6 aromatic rings. The van der Waals surface area contributed by atoms with Crippen molar-refractivity contribution >= 4 is 15.9 Å². The van der Waals surface area contributed by atoms with Crippen molar-refractivity contribution in [3.05, 3.63) is 195 Å². The molecule has 1 aromatic heterocycles. The summed E-state index contributed by atoms with van der Waals surface area (Å²) >= 11 is 3.33. The first-order valence-electron chi connectivity index (χ1n) is 13.8. The highest BCUT2D eigenvalue weighted by Crippen LogP contribution is 2.44. The summed E-state index contributed by atoms with van der Waals surface area (Å²) in [6, 6.07) is 41.5. The molecule has 1 N–H and O–H groups in total. The van der Waals surface area contributed by atoms with Crippen molar-refractivity contribution in [2.75, 3.05) is 0 Å². The van der Waals surface area contributed by atoms with E-state index in [9.17, 15) is 5.11 Å². The minimum Gasteiger partial charge on any atom is -0.374 e. The normalized spacial score (nSPS) is 13.1. The SMILES string of the molecule is Cc1cccc(C(O)(c2cn(C(c3ccccc3)(c3ccccc3)c3ccccc3)cn2)c2cccc(Br)c2F)c1C. The van der Waals surface area contributed by atoms with Gasteiger partial charge in [0.15, 0.2) is 5.60 Å². The van der Waals surface area contributed by atoms with E-state index in [0.29, 0.717) is 11.3 Å². The zero-order valence-corrected chi connectivity index (χ0v) is 25.0. The summed E-state index contributed by atoms with van der Waals surface area (Å²) in [5.41, 5.74) is 3.26. The van der Waals surface area contributed by atoms with Crippen LogP contribution in [-0.4, -0.2) is 14.7 Å². The molecule has 0 saturated carbocycles. The molecule has 208 valence electrons. The molecule has 0 bridgehead atoms. The minimum absolute atomic E-state index is 0.126. The Bertz CT molecular complexity index is 1690. The van der Waals surface area contributed by atoms with Crippen molar-refractivity contribution in [1.82, 2.24) is 9.55 Å². The lowest BCUT2D eigenvalue weighted by molar-refractivity contribution is 0.116. The van der Waals surface area contributed by atoms with Gasteiger partial charge in [0, 0.05) is 11.8 Å². The van der Waals surface area contributed by atoms with Crippen LogP contribution in [0.3, 0.4) is 0 Å². The maximum atomic E-state index is 15.9. The number of aliphatic hydroxyl groups is 1. The van der Waals surface area contributed by atoms with Gasteiger partial charge in [-0.3, -0.25) is 0 Å². The summed E-state index contributed by atoms with van der Waals surface area (Å²) in [4.78, 5) is 4.86. The van der Waals surface area contributed by atoms with Gasteiger partial charge in [-0.05, 0) is 69.2 Å². The number of aromatic nitrogens is 2. The second kappa shape index (κ2) is 11.2. The number of hydrogen-bond donors (Lipinski definition) is 1. The second-order valence-electron chi connectivity index (χ2n) is 10.5. The summed E-state index contributed by atoms with van der Waals surface area (Å²) in [6.45, 7) is 3.94. The zero-order valence-electron chi connectivity index (χ0n) is 23.4. The zero-order chi connectivity index (χ0) is 29.3. The molecule has 0 saturated heterocycles. The molecule has 1 atom stereocenters. The highest BCUT2D eigenvalue weighted by Gasteiger charge is 2.43. The van der Waals surface area contributed by atoms with Crippen LogP contribution in [0.25, 0.3) is 0 Å². The molecule has 1 heterocycles. The minimum atomic E-state index is -1.87. The van der Waals surface area contributed by atoms with Crippen molar-refractivity contribution < 1.29 is 9.50 Å². The van der Waals surface area contributed by atoms with Gasteiger partial charge < -0.3 is 9.67 Å². The highest BCUT2D eigenvalue weighted by molar-refractivity contribution is 9.10. The lowest BCUT2D eigenvalue weighted by Crippen LogP contribution is -2.37. The Hall–Kier alpha value is -4.32. The molecular weight excluding hydrogens is 587 g/mol. The van der Waals surface area contributed by atoms with Crippen LogP contribution in [0, 0.1) is 19.7 Å². The van der Waals surface area contributed by atoms with Gasteiger partial charge in [-0.1, -0.05) is 121 Å². The molecule has 3 nitrogen and oxygen atoms in total. The van der Waals surface area contributed by atoms with Gasteiger partial charge >= 0.3 is 0 Å². The van der Waals surface area contributed by atoms with E-state index >= 15 is 4.39 Å². The topological polar surface area (TPSA) is 38.0 Å². The number of rotatable bonds is 7. The van der Waals surface area contributed by atoms with Crippen molar-refractivity contribution in [2.24, 2.45) is 0 Å². The van der Waals surface area contributed by atoms with E-state index < -0.39 is 17.0 Å². The first-order chi connectivity index (χ1) is 20.4. The average Bonchev–Trinajstić information content (AvgIpc) is 3.53. The summed E-state index contributed by atoms with van der Waals surface area (Å²) in [5.74, 6) is -0.532. The third-order valence-corrected chi connectivity index (χ3v) is 8.86. The number of benzene rings is 5. The average molecular weight is 618 g/mol. The van der Waals surface area contributed by atoms with E-state index in [0.717, 1.165) is 27.8 Å². The molecule has 0 fully saturated rings. The lowest BCUT2D eigenvalue weighted by atomic mass is 9.76. The van der Waals surface area contributed by atoms with E-state index in [-0.39, 0.29) is 10.0 Å². The Labute approximate surface area is 254 Å². The first kappa shape index (κ1) is 27.8. The van der Waals surface area contributed by atoms with Crippen LogP contribution in [0.5, 0.6) is 0 Å². The van der Waals surface area contributed by atoms with Crippen molar-refractivity contribution in [3.8, 4) is 0 Å². The standard InChI is InChI=1S/C37H30BrFN2O/c1-26-14-12-21-31(27(26)2)37(42,32-22-13-23-33(38)35(32)39)34-24-41(25-40-34)36(28-15-6-3-7-16-28,29-17-8-4-9-18-29)30-19-10-5-11-20-30/h3-25,42H,1-2H3. The fourth-order valence-corrected chi connectivity index (χ4v) is 6.39. The largest absolute Gasteiger partial charge is 0.374 e. The molecule has 42 heavy (non-hydrogen) atoms. The molecule has 0 aliphatic carbocycles. The predicted octanol–water partition coefficient (Wildman–Crippen LogP) is 8.53. The summed E-state index contributed by atoms with van der Waals surface area (Å²) in [7, 11) is 0. The molecule has 5 heteroatoms. The maximum Gasteiger partial charge on any atom is 0.161 e. The fraction of sp³-hybridized carbons (Fsp3) is 0.108. The van der Waals surface area contributed by atoms with Gasteiger partial charge in [0.25, 0.3) is 0 Å². The monoisotopic (exact) mass is 616 g/mol. The third kappa shape index (κ3) is 4.41. The van der Waals surface area contributed by atoms with Crippen molar-refractivity contribution in [1.29, 1.82) is 0 Å². The summed E-state index contributed by atoms with van der Waals surface area (Å²) in [5, 5.41) is 12.8. The molecule has 0 spiro atoms. The van der Waals surface area contributed by atoms with Crippen LogP contribution in [0.2, 0.25) is 0 Å². The van der Waals surface area contributed by atoms with Gasteiger partial charge in [-0.25, -0.2) is 9.37 Å². The van der Waals surface area contributed by atoms with Crippen LogP contribution in [0.15, 0.2) is 144 Å². The van der Waals surface area contributed by atoms with Crippen molar-refractivity contribution in [3.63, 3.8) is 0 Å². The van der Waals surface area contributed by atoms with Gasteiger partial charge in [-0.2, -0.15) is 0 Å². The molecular formula is C37H30BrFN2O. The Morgan fingerprint density at radius 1 is 0.667 bits per heavy atom. The summed E-state index contributed by atoms with van der Waals surface area (Å²) in [6.07, 6.45) is 3.60. The quantitative estimate of drug-likeness (QED) is 0.183. The maximum absolute atomic E-state index is 15.9. The molecule has 1 unspecified atom stereocenters. The van der Waals surface area contributed by atoms with E-state index in [1.165, 1.54) is 0 Å². The smallest absolute Gasteiger partial charge is 0.161 e. The van der Waals surface area contributed by atoms with Gasteiger partial charge in [0.1, 0.15) is 11.4 Å². The lowest BCUT2D eigenvalue weighted by Gasteiger charge is -2.37. The van der Waals surface area contributed by atoms with Crippen LogP contribution in [-0.2, 0) is 11.1 Å². The van der Waals surface area contributed by atoms with E-state index in [2.05, 4.69) is 52.3 Å². The van der Waals surface area contributed by atoms with Crippen molar-refractivity contribution in [2.45, 2.75) is 25.0 Å². The number of hydrogen-bond acceptors (Lipinski definition) is 2. The first-order valence-corrected chi connectivity index (χ1v) is 14.6. The molecule has 0 aliphatic heterocycles. The molecule has 0 aliphatic rings. The van der Waals surface area contributed by atoms with E-state index in [1.54, 1.807) is 24.5 Å². The van der Waals surface area contributed by atoms with Gasteiger partial charge in [0.05, 0.1) is 16.5 Å². The van der Waals surface area contributed by atoms with Gasteiger partial charge in [0.2, 0.25) is 0 Å². The highest BCUT2D eigenvalue weighted by atomic mass is 79.9. The molecule has 6 rings (SSSR count). The van der Waals surface area contributed by atoms with E-state index in [1.807, 2.05) is 97.4 Å². The summed E-state index contributed by atoms with van der Waals surface area (Å²) < 4.78 is 18.2. The third-order valence-electron chi connectivity index (χ3n) is 8.25. The molecule has 5 aromatic carbocycles. The Kier molecular flexibility index (Phi) is 7.40. The molecule has 0 amide bonds. The number of halogens is 2. The Morgan fingerprint density at radius 2 is 1.17 bits per heavy atom. The Balaban J connectivity index is 1.69. The number of imidazole rings is 1. The fourth-order valence-electron chi connectivity index (χ4n) is 6.03. The van der Waals surface area contributed by atoms with Gasteiger partial charge in [-0.15, -0.1) is 0 Å². The Morgan fingerprint density at radius 3 is 1.71 bits per heavy atom. The molecule has 0 radical (unpaired) electrons. The van der Waals surface area contributed by atoms with Crippen LogP contribution in [0.1, 0.15) is 44.6 Å². The van der Waals surface area contributed by atoms with E-state index in [4.69, 9.17) is 4.98 Å². The van der Waals surface area contributed by atoms with Crippen LogP contribution < -0.4 is 0 Å². The van der Waals surface area contributed by atoms with Crippen LogP contribution >= 0.6 is 15.9 Å². The number of aryl methyl sites for hydroxylation is 1.